The van der Waals surface area contributed by atoms with E-state index < -0.39 is 0 Å². The monoisotopic (exact) mass is 473 g/mol. The second-order valence-corrected chi connectivity index (χ2v) is 8.13. The highest BCUT2D eigenvalue weighted by Crippen LogP contribution is 2.27. The lowest BCUT2D eigenvalue weighted by Crippen LogP contribution is -2.19. The molecule has 2 amide bonds. The molecule has 0 radical (unpaired) electrons. The Labute approximate surface area is 208 Å². The van der Waals surface area contributed by atoms with Gasteiger partial charge in [-0.05, 0) is 36.2 Å². The molecule has 0 saturated carbocycles. The molecule has 36 heavy (non-hydrogen) atoms. The van der Waals surface area contributed by atoms with Gasteiger partial charge in [-0.2, -0.15) is 5.26 Å². The number of rotatable bonds is 7. The molecule has 8 heteroatoms. The number of nitrogens with one attached hydrogen (secondary N) is 4. The summed E-state index contributed by atoms with van der Waals surface area (Å²) in [6.07, 6.45) is 2.27. The van der Waals surface area contributed by atoms with Crippen molar-refractivity contribution in [1.29, 1.82) is 5.26 Å². The van der Waals surface area contributed by atoms with Gasteiger partial charge >= 0.3 is 6.03 Å². The van der Waals surface area contributed by atoms with Crippen LogP contribution < -0.4 is 16.0 Å². The van der Waals surface area contributed by atoms with Crippen molar-refractivity contribution in [2.75, 3.05) is 22.5 Å². The Kier molecular flexibility index (Phi) is 6.54. The first kappa shape index (κ1) is 22.6. The van der Waals surface area contributed by atoms with Crippen molar-refractivity contribution in [2.45, 2.75) is 6.42 Å². The largest absolute Gasteiger partial charge is 0.382 e. The van der Waals surface area contributed by atoms with Crippen molar-refractivity contribution >= 4 is 34.3 Å². The lowest BCUT2D eigenvalue weighted by atomic mass is 10.1. The summed E-state index contributed by atoms with van der Waals surface area (Å²) in [6, 6.07) is 28.7. The van der Waals surface area contributed by atoms with Gasteiger partial charge in [0.25, 0.3) is 0 Å². The van der Waals surface area contributed by atoms with Crippen LogP contribution in [0.3, 0.4) is 0 Å². The van der Waals surface area contributed by atoms with Gasteiger partial charge in [-0.25, -0.2) is 14.8 Å². The number of imidazole rings is 1. The molecule has 5 aromatic rings. The molecule has 0 aliphatic heterocycles. The molecule has 0 saturated heterocycles. The summed E-state index contributed by atoms with van der Waals surface area (Å²) in [7, 11) is 0. The van der Waals surface area contributed by atoms with Crippen LogP contribution in [0.4, 0.5) is 21.9 Å². The average molecular weight is 474 g/mol. The average Bonchev–Trinajstić information content (AvgIpc) is 3.36. The number of carbonyl (C=O) groups is 1. The number of urea groups is 1. The van der Waals surface area contributed by atoms with Gasteiger partial charge in [0, 0.05) is 29.7 Å². The first-order valence-corrected chi connectivity index (χ1v) is 11.5. The van der Waals surface area contributed by atoms with Crippen molar-refractivity contribution in [3.63, 3.8) is 0 Å². The molecule has 4 N–H and O–H groups in total. The number of hydrogen-bond acceptors (Lipinski definition) is 5. The molecule has 3 aromatic carbocycles. The van der Waals surface area contributed by atoms with Crippen molar-refractivity contribution in [2.24, 2.45) is 0 Å². The molecule has 2 heterocycles. The van der Waals surface area contributed by atoms with Gasteiger partial charge in [0.2, 0.25) is 0 Å². The zero-order chi connectivity index (χ0) is 24.7. The van der Waals surface area contributed by atoms with Crippen molar-refractivity contribution in [3.8, 4) is 17.5 Å². The third kappa shape index (κ3) is 5.16. The lowest BCUT2D eigenvalue weighted by Gasteiger charge is -2.10. The van der Waals surface area contributed by atoms with E-state index in [2.05, 4.69) is 37.0 Å². The summed E-state index contributed by atoms with van der Waals surface area (Å²) in [4.78, 5) is 24.4. The Hall–Kier alpha value is -5.16. The number of amides is 2. The minimum Gasteiger partial charge on any atom is -0.382 e. The van der Waals surface area contributed by atoms with E-state index in [1.807, 2.05) is 84.9 Å². The van der Waals surface area contributed by atoms with Crippen LogP contribution in [0.2, 0.25) is 0 Å². The number of para-hydroxylation sites is 1. The van der Waals surface area contributed by atoms with E-state index in [0.717, 1.165) is 23.2 Å². The number of benzene rings is 3. The Morgan fingerprint density at radius 1 is 0.889 bits per heavy atom. The maximum Gasteiger partial charge on any atom is 0.323 e. The second kappa shape index (κ2) is 10.4. The predicted octanol–water partition coefficient (Wildman–Crippen LogP) is 5.80. The standard InChI is InChI=1S/C28H23N7O/c29-17-21-18-31-27-25(34-26(35-27)20-7-3-1-4-8-20)24(21)30-16-15-19-11-13-23(14-12-19)33-28(36)32-22-9-5-2-6-10-22/h1-14,18H,15-16H2,(H2,32,33,36)(H2,30,31,34,35). The van der Waals surface area contributed by atoms with Crippen LogP contribution in [0.15, 0.2) is 91.1 Å². The fourth-order valence-corrected chi connectivity index (χ4v) is 3.86. The molecule has 0 spiro atoms. The molecular weight excluding hydrogens is 450 g/mol. The van der Waals surface area contributed by atoms with Crippen LogP contribution in [-0.4, -0.2) is 27.5 Å². The normalized spacial score (nSPS) is 10.5. The fourth-order valence-electron chi connectivity index (χ4n) is 3.86. The van der Waals surface area contributed by atoms with E-state index in [0.29, 0.717) is 40.5 Å². The molecule has 0 unspecified atom stereocenters. The molecule has 0 atom stereocenters. The van der Waals surface area contributed by atoms with Crippen LogP contribution in [0.5, 0.6) is 0 Å². The summed E-state index contributed by atoms with van der Waals surface area (Å²) < 4.78 is 0. The summed E-state index contributed by atoms with van der Waals surface area (Å²) in [5, 5.41) is 18.6. The Morgan fingerprint density at radius 2 is 1.56 bits per heavy atom. The number of fused-ring (bicyclic) bond motifs is 1. The van der Waals surface area contributed by atoms with Crippen molar-refractivity contribution in [1.82, 2.24) is 15.0 Å². The van der Waals surface area contributed by atoms with Gasteiger partial charge in [0.1, 0.15) is 17.4 Å². The van der Waals surface area contributed by atoms with E-state index in [1.165, 1.54) is 0 Å². The number of H-pyrrole nitrogens is 1. The molecule has 8 nitrogen and oxygen atoms in total. The van der Waals surface area contributed by atoms with Crippen LogP contribution in [0.1, 0.15) is 11.1 Å². The number of nitriles is 1. The maximum absolute atomic E-state index is 12.2. The maximum atomic E-state index is 12.2. The van der Waals surface area contributed by atoms with Gasteiger partial charge in [0.05, 0.1) is 11.3 Å². The minimum absolute atomic E-state index is 0.296. The first-order chi connectivity index (χ1) is 17.7. The van der Waals surface area contributed by atoms with E-state index in [4.69, 9.17) is 0 Å². The molecule has 176 valence electrons. The van der Waals surface area contributed by atoms with Gasteiger partial charge in [-0.3, -0.25) is 0 Å². The predicted molar refractivity (Wildman–Crippen MR) is 142 cm³/mol. The molecule has 0 aliphatic carbocycles. The second-order valence-electron chi connectivity index (χ2n) is 8.13. The van der Waals surface area contributed by atoms with Gasteiger partial charge in [0.15, 0.2) is 5.65 Å². The third-order valence-corrected chi connectivity index (χ3v) is 5.65. The number of nitrogens with zero attached hydrogens (tertiary/aromatic N) is 3. The van der Waals surface area contributed by atoms with Crippen LogP contribution in [0, 0.1) is 11.3 Å². The number of hydrogen-bond donors (Lipinski definition) is 4. The molecule has 2 aromatic heterocycles. The van der Waals surface area contributed by atoms with E-state index in [1.54, 1.807) is 6.20 Å². The SMILES string of the molecule is N#Cc1cnc2nc(-c3ccccc3)[nH]c2c1NCCc1ccc(NC(=O)Nc2ccccc2)cc1. The number of anilines is 3. The molecular formula is C28H23N7O. The number of carbonyl (C=O) groups excluding carboxylic acids is 1. The van der Waals surface area contributed by atoms with Gasteiger partial charge in [-0.1, -0.05) is 60.7 Å². The molecule has 0 fully saturated rings. The summed E-state index contributed by atoms with van der Waals surface area (Å²) in [6.45, 7) is 0.606. The minimum atomic E-state index is -0.296. The van der Waals surface area contributed by atoms with Gasteiger partial charge in [-0.15, -0.1) is 0 Å². The highest BCUT2D eigenvalue weighted by atomic mass is 16.2. The zero-order valence-corrected chi connectivity index (χ0v) is 19.3. The molecule has 0 aliphatic rings. The number of aromatic nitrogens is 3. The Morgan fingerprint density at radius 3 is 2.25 bits per heavy atom. The Bertz CT molecular complexity index is 1520. The molecule has 0 bridgehead atoms. The van der Waals surface area contributed by atoms with E-state index in [9.17, 15) is 10.1 Å². The summed E-state index contributed by atoms with van der Waals surface area (Å²) in [5.41, 5.74) is 5.88. The van der Waals surface area contributed by atoms with E-state index >= 15 is 0 Å². The van der Waals surface area contributed by atoms with Gasteiger partial charge < -0.3 is 20.9 Å². The highest BCUT2D eigenvalue weighted by Gasteiger charge is 2.14. The quantitative estimate of drug-likeness (QED) is 0.238. The van der Waals surface area contributed by atoms with Crippen molar-refractivity contribution < 1.29 is 4.79 Å². The Balaban J connectivity index is 1.23. The smallest absolute Gasteiger partial charge is 0.323 e. The highest BCUT2D eigenvalue weighted by molar-refractivity contribution is 5.99. The fraction of sp³-hybridized carbons (Fsp3) is 0.0714. The number of pyridine rings is 1. The topological polar surface area (TPSA) is 119 Å². The van der Waals surface area contributed by atoms with E-state index in [-0.39, 0.29) is 6.03 Å². The molecule has 5 rings (SSSR count). The van der Waals surface area contributed by atoms with Crippen LogP contribution >= 0.6 is 0 Å². The zero-order valence-electron chi connectivity index (χ0n) is 19.3. The van der Waals surface area contributed by atoms with Crippen LogP contribution in [0.25, 0.3) is 22.6 Å². The summed E-state index contributed by atoms with van der Waals surface area (Å²) in [5.74, 6) is 0.704. The third-order valence-electron chi connectivity index (χ3n) is 5.65. The van der Waals surface area contributed by atoms with Crippen molar-refractivity contribution in [3.05, 3.63) is 102 Å². The lowest BCUT2D eigenvalue weighted by molar-refractivity contribution is 0.262. The number of aromatic amines is 1. The summed E-state index contributed by atoms with van der Waals surface area (Å²) >= 11 is 0. The first-order valence-electron chi connectivity index (χ1n) is 11.5. The van der Waals surface area contributed by atoms with Crippen LogP contribution in [-0.2, 0) is 6.42 Å².